The maximum atomic E-state index is 12.7. The molecule has 0 saturated carbocycles. The van der Waals surface area contributed by atoms with Crippen LogP contribution in [0, 0.1) is 0 Å². The van der Waals surface area contributed by atoms with Gasteiger partial charge in [-0.05, 0) is 32.0 Å². The fourth-order valence-electron chi connectivity index (χ4n) is 3.07. The summed E-state index contributed by atoms with van der Waals surface area (Å²) in [6.45, 7) is 6.40. The van der Waals surface area contributed by atoms with Gasteiger partial charge in [0.05, 0.1) is 29.0 Å². The zero-order valence-electron chi connectivity index (χ0n) is 15.0. The van der Waals surface area contributed by atoms with E-state index in [1.54, 1.807) is 6.92 Å². The van der Waals surface area contributed by atoms with Gasteiger partial charge in [-0.3, -0.25) is 4.79 Å². The van der Waals surface area contributed by atoms with Crippen molar-refractivity contribution in [1.82, 2.24) is 10.2 Å². The first kappa shape index (κ1) is 19.5. The minimum absolute atomic E-state index is 0.0280. The zero-order valence-corrected chi connectivity index (χ0v) is 15.9. The molecule has 0 aromatic heterocycles. The first-order chi connectivity index (χ1) is 11.8. The van der Waals surface area contributed by atoms with Crippen LogP contribution in [0.15, 0.2) is 17.0 Å². The molecule has 25 heavy (non-hydrogen) atoms. The van der Waals surface area contributed by atoms with E-state index in [2.05, 4.69) is 17.1 Å². The van der Waals surface area contributed by atoms with Crippen LogP contribution < -0.4 is 15.8 Å². The summed E-state index contributed by atoms with van der Waals surface area (Å²) >= 11 is 0. The topological polar surface area (TPSA) is 102 Å². The average Bonchev–Trinajstić information content (AvgIpc) is 2.61. The smallest absolute Gasteiger partial charge is 0.255 e. The Morgan fingerprint density at radius 1 is 1.40 bits per heavy atom. The summed E-state index contributed by atoms with van der Waals surface area (Å²) in [5, 5.41) is 2.99. The Hall–Kier alpha value is -1.80. The second kappa shape index (κ2) is 8.05. The predicted octanol–water partition coefficient (Wildman–Crippen LogP) is 1.29. The third-order valence-electron chi connectivity index (χ3n) is 4.58. The molecule has 1 aliphatic rings. The molecular weight excluding hydrogens is 342 g/mol. The van der Waals surface area contributed by atoms with Crippen molar-refractivity contribution < 1.29 is 17.9 Å². The van der Waals surface area contributed by atoms with Crippen molar-refractivity contribution in [2.24, 2.45) is 0 Å². The Bertz CT molecular complexity index is 734. The molecule has 1 aliphatic heterocycles. The lowest BCUT2D eigenvalue weighted by atomic mass is 10.0. The summed E-state index contributed by atoms with van der Waals surface area (Å²) in [7, 11) is -2.09. The van der Waals surface area contributed by atoms with Crippen LogP contribution >= 0.6 is 0 Å². The molecule has 0 radical (unpaired) electrons. The lowest BCUT2D eigenvalue weighted by molar-refractivity contribution is 0.0902. The number of anilines is 1. The summed E-state index contributed by atoms with van der Waals surface area (Å²) < 4.78 is 29.7. The van der Waals surface area contributed by atoms with E-state index in [1.165, 1.54) is 19.2 Å². The zero-order chi connectivity index (χ0) is 18.6. The molecule has 2 rings (SSSR count). The van der Waals surface area contributed by atoms with Crippen molar-refractivity contribution in [3.8, 4) is 5.75 Å². The van der Waals surface area contributed by atoms with E-state index in [1.807, 2.05) is 0 Å². The number of nitrogen functional groups attached to an aromatic ring is 1. The number of sulfone groups is 1. The molecule has 7 nitrogen and oxygen atoms in total. The lowest BCUT2D eigenvalue weighted by Crippen LogP contribution is -2.47. The minimum atomic E-state index is -3.52. The summed E-state index contributed by atoms with van der Waals surface area (Å²) in [4.78, 5) is 15.0. The monoisotopic (exact) mass is 369 g/mol. The largest absolute Gasteiger partial charge is 0.496 e. The van der Waals surface area contributed by atoms with Gasteiger partial charge in [0.15, 0.2) is 9.84 Å². The Kier molecular flexibility index (Phi) is 6.29. The van der Waals surface area contributed by atoms with E-state index < -0.39 is 9.84 Å². The highest BCUT2D eigenvalue weighted by Crippen LogP contribution is 2.29. The fourth-order valence-corrected chi connectivity index (χ4v) is 4.10. The number of likely N-dealkylation sites (tertiary alicyclic amines) is 1. The molecule has 1 aromatic rings. The number of nitrogens with zero attached hydrogens (tertiary/aromatic N) is 1. The SMILES string of the molecule is CCN1CCC[C@H](NC(=O)c2cc(S(=O)(=O)CC)c(N)cc2OC)C1. The fraction of sp³-hybridized carbons (Fsp3) is 0.588. The molecule has 1 fully saturated rings. The molecule has 1 aromatic carbocycles. The van der Waals surface area contributed by atoms with Gasteiger partial charge in [-0.1, -0.05) is 13.8 Å². The first-order valence-electron chi connectivity index (χ1n) is 8.55. The van der Waals surface area contributed by atoms with Gasteiger partial charge in [0.1, 0.15) is 5.75 Å². The molecular formula is C17H27N3O4S. The summed E-state index contributed by atoms with van der Waals surface area (Å²) in [5.74, 6) is -0.154. The Labute approximate surface area is 149 Å². The number of carbonyl (C=O) groups excluding carboxylic acids is 1. The summed E-state index contributed by atoms with van der Waals surface area (Å²) in [6, 6.07) is 2.76. The lowest BCUT2D eigenvalue weighted by Gasteiger charge is -2.32. The molecule has 8 heteroatoms. The second-order valence-electron chi connectivity index (χ2n) is 6.20. The Balaban J connectivity index is 2.30. The van der Waals surface area contributed by atoms with Gasteiger partial charge in [0.2, 0.25) is 0 Å². The van der Waals surface area contributed by atoms with E-state index in [0.717, 1.165) is 32.5 Å². The molecule has 1 saturated heterocycles. The predicted molar refractivity (Wildman–Crippen MR) is 97.7 cm³/mol. The number of carbonyl (C=O) groups is 1. The number of hydrogen-bond donors (Lipinski definition) is 2. The number of hydrogen-bond acceptors (Lipinski definition) is 6. The molecule has 1 atom stereocenters. The van der Waals surface area contributed by atoms with Gasteiger partial charge in [-0.25, -0.2) is 8.42 Å². The average molecular weight is 369 g/mol. The van der Waals surface area contributed by atoms with E-state index in [0.29, 0.717) is 0 Å². The van der Waals surface area contributed by atoms with Gasteiger partial charge in [-0.15, -0.1) is 0 Å². The molecule has 140 valence electrons. The number of likely N-dealkylation sites (N-methyl/N-ethyl adjacent to an activating group) is 1. The molecule has 3 N–H and O–H groups in total. The van der Waals surface area contributed by atoms with Crippen LogP contribution in [0.25, 0.3) is 0 Å². The quantitative estimate of drug-likeness (QED) is 0.733. The number of rotatable bonds is 6. The number of nitrogens with two attached hydrogens (primary N) is 1. The van der Waals surface area contributed by atoms with Crippen LogP contribution in [0.2, 0.25) is 0 Å². The maximum Gasteiger partial charge on any atom is 0.255 e. The highest BCUT2D eigenvalue weighted by Gasteiger charge is 2.25. The van der Waals surface area contributed by atoms with Gasteiger partial charge in [-0.2, -0.15) is 0 Å². The van der Waals surface area contributed by atoms with Gasteiger partial charge < -0.3 is 20.7 Å². The van der Waals surface area contributed by atoms with Crippen LogP contribution in [0.4, 0.5) is 5.69 Å². The maximum absolute atomic E-state index is 12.7. The van der Waals surface area contributed by atoms with Crippen molar-refractivity contribution in [1.29, 1.82) is 0 Å². The summed E-state index contributed by atoms with van der Waals surface area (Å²) in [5.41, 5.74) is 6.13. The minimum Gasteiger partial charge on any atom is -0.496 e. The second-order valence-corrected chi connectivity index (χ2v) is 8.45. The normalized spacial score (nSPS) is 18.8. The third kappa shape index (κ3) is 4.43. The van der Waals surface area contributed by atoms with E-state index in [4.69, 9.17) is 10.5 Å². The molecule has 0 spiro atoms. The van der Waals surface area contributed by atoms with E-state index >= 15 is 0 Å². The number of ether oxygens (including phenoxy) is 1. The molecule has 0 aliphatic carbocycles. The number of benzene rings is 1. The molecule has 0 bridgehead atoms. The molecule has 0 unspecified atom stereocenters. The molecule has 1 amide bonds. The number of methoxy groups -OCH3 is 1. The highest BCUT2D eigenvalue weighted by molar-refractivity contribution is 7.91. The van der Waals surface area contributed by atoms with Crippen LogP contribution in [0.1, 0.15) is 37.0 Å². The number of amides is 1. The number of piperidine rings is 1. The van der Waals surface area contributed by atoms with Crippen molar-refractivity contribution >= 4 is 21.4 Å². The Morgan fingerprint density at radius 2 is 2.12 bits per heavy atom. The standard InChI is InChI=1S/C17H27N3O4S/c1-4-20-8-6-7-12(11-20)19-17(21)13-9-16(25(22,23)5-2)14(18)10-15(13)24-3/h9-10,12H,4-8,11,18H2,1-3H3,(H,19,21)/t12-/m0/s1. The van der Waals surface area contributed by atoms with Crippen molar-refractivity contribution in [3.63, 3.8) is 0 Å². The highest BCUT2D eigenvalue weighted by atomic mass is 32.2. The van der Waals surface area contributed by atoms with Crippen LogP contribution in [0.3, 0.4) is 0 Å². The van der Waals surface area contributed by atoms with Gasteiger partial charge in [0.25, 0.3) is 5.91 Å². The van der Waals surface area contributed by atoms with Crippen LogP contribution in [-0.4, -0.2) is 57.8 Å². The third-order valence-corrected chi connectivity index (χ3v) is 6.36. The van der Waals surface area contributed by atoms with Crippen molar-refractivity contribution in [2.45, 2.75) is 37.6 Å². The first-order valence-corrected chi connectivity index (χ1v) is 10.2. The van der Waals surface area contributed by atoms with Crippen molar-refractivity contribution in [2.75, 3.05) is 38.2 Å². The summed E-state index contributed by atoms with van der Waals surface area (Å²) in [6.07, 6.45) is 1.92. The van der Waals surface area contributed by atoms with Crippen LogP contribution in [0.5, 0.6) is 5.75 Å². The van der Waals surface area contributed by atoms with Crippen molar-refractivity contribution in [3.05, 3.63) is 17.7 Å². The van der Waals surface area contributed by atoms with E-state index in [-0.39, 0.29) is 39.6 Å². The van der Waals surface area contributed by atoms with Crippen LogP contribution in [-0.2, 0) is 9.84 Å². The van der Waals surface area contributed by atoms with Gasteiger partial charge in [0, 0.05) is 18.7 Å². The molecule has 1 heterocycles. The van der Waals surface area contributed by atoms with E-state index in [9.17, 15) is 13.2 Å². The Morgan fingerprint density at radius 3 is 2.72 bits per heavy atom. The van der Waals surface area contributed by atoms with Gasteiger partial charge >= 0.3 is 0 Å². The number of nitrogens with one attached hydrogen (secondary N) is 1.